The Bertz CT molecular complexity index is 2480. The molecular weight excluding hydrogens is 615 g/mol. The van der Waals surface area contributed by atoms with Crippen molar-refractivity contribution in [1.29, 1.82) is 0 Å². The van der Waals surface area contributed by atoms with Gasteiger partial charge in [0.1, 0.15) is 12.0 Å². The summed E-state index contributed by atoms with van der Waals surface area (Å²) < 4.78 is 2.52. The highest BCUT2D eigenvalue weighted by Crippen LogP contribution is 2.41. The fourth-order valence-electron chi connectivity index (χ4n) is 6.67. The van der Waals surface area contributed by atoms with Gasteiger partial charge in [-0.2, -0.15) is 0 Å². The first-order chi connectivity index (χ1) is 24.3. The second kappa shape index (κ2) is 12.5. The smallest absolute Gasteiger partial charge is 0.159 e. The van der Waals surface area contributed by atoms with Crippen molar-refractivity contribution in [1.82, 2.24) is 5.32 Å². The van der Waals surface area contributed by atoms with E-state index in [1.807, 2.05) is 23.5 Å². The minimum absolute atomic E-state index is 0.271. The maximum absolute atomic E-state index is 5.20. The van der Waals surface area contributed by atoms with Gasteiger partial charge in [0.15, 0.2) is 5.84 Å². The van der Waals surface area contributed by atoms with E-state index in [-0.39, 0.29) is 6.17 Å². The number of nitrogens with one attached hydrogen (secondary N) is 1. The predicted molar refractivity (Wildman–Crippen MR) is 207 cm³/mol. The van der Waals surface area contributed by atoms with Gasteiger partial charge in [-0.15, -0.1) is 11.3 Å². The maximum atomic E-state index is 5.20. The van der Waals surface area contributed by atoms with Crippen molar-refractivity contribution in [3.8, 4) is 33.4 Å². The molecule has 7 aromatic carbocycles. The Kier molecular flexibility index (Phi) is 7.41. The van der Waals surface area contributed by atoms with E-state index in [4.69, 9.17) is 9.98 Å². The first kappa shape index (κ1) is 29.1. The molecule has 9 rings (SSSR count). The van der Waals surface area contributed by atoms with Crippen molar-refractivity contribution in [2.75, 3.05) is 0 Å². The first-order valence-corrected chi connectivity index (χ1v) is 17.3. The van der Waals surface area contributed by atoms with Gasteiger partial charge < -0.3 is 5.32 Å². The molecule has 232 valence electrons. The zero-order valence-corrected chi connectivity index (χ0v) is 27.4. The summed E-state index contributed by atoms with van der Waals surface area (Å²) in [7, 11) is 0. The Morgan fingerprint density at radius 2 is 0.980 bits per heavy atom. The predicted octanol–water partition coefficient (Wildman–Crippen LogP) is 11.6. The molecule has 0 saturated heterocycles. The van der Waals surface area contributed by atoms with Crippen molar-refractivity contribution < 1.29 is 0 Å². The monoisotopic (exact) mass is 645 g/mol. The molecule has 8 aromatic rings. The van der Waals surface area contributed by atoms with Crippen LogP contribution >= 0.6 is 11.3 Å². The molecule has 1 N–H and O–H groups in total. The largest absolute Gasteiger partial charge is 0.344 e. The zero-order chi connectivity index (χ0) is 32.6. The van der Waals surface area contributed by atoms with E-state index < -0.39 is 0 Å². The van der Waals surface area contributed by atoms with Crippen LogP contribution in [0.15, 0.2) is 186 Å². The van der Waals surface area contributed by atoms with Crippen LogP contribution < -0.4 is 5.32 Å². The minimum Gasteiger partial charge on any atom is -0.344 e. The van der Waals surface area contributed by atoms with Gasteiger partial charge in [-0.3, -0.25) is 0 Å². The summed E-state index contributed by atoms with van der Waals surface area (Å²) in [5.74, 6) is 1.53. The van der Waals surface area contributed by atoms with Gasteiger partial charge in [0, 0.05) is 31.3 Å². The molecule has 0 amide bonds. The molecule has 1 aliphatic heterocycles. The number of aliphatic imine (C=N–C) groups is 2. The van der Waals surface area contributed by atoms with Crippen LogP contribution in [0, 0.1) is 0 Å². The van der Waals surface area contributed by atoms with Gasteiger partial charge >= 0.3 is 0 Å². The van der Waals surface area contributed by atoms with E-state index in [0.29, 0.717) is 5.84 Å². The molecule has 1 unspecified atom stereocenters. The highest BCUT2D eigenvalue weighted by atomic mass is 32.1. The topological polar surface area (TPSA) is 36.8 Å². The molecule has 0 spiro atoms. The van der Waals surface area contributed by atoms with Crippen LogP contribution in [0.5, 0.6) is 0 Å². The lowest BCUT2D eigenvalue weighted by molar-refractivity contribution is 0.674. The number of hydrogen-bond acceptors (Lipinski definition) is 4. The molecule has 3 nitrogen and oxygen atoms in total. The highest BCUT2D eigenvalue weighted by Gasteiger charge is 2.23. The maximum Gasteiger partial charge on any atom is 0.159 e. The fraction of sp³-hybridized carbons (Fsp3) is 0.0222. The molecule has 49 heavy (non-hydrogen) atoms. The molecule has 0 fully saturated rings. The van der Waals surface area contributed by atoms with Crippen molar-refractivity contribution in [3.05, 3.63) is 193 Å². The highest BCUT2D eigenvalue weighted by molar-refractivity contribution is 7.26. The molecule has 4 heteroatoms. The summed E-state index contributed by atoms with van der Waals surface area (Å²) in [5, 5.41) is 6.25. The third-order valence-electron chi connectivity index (χ3n) is 9.16. The normalized spacial score (nSPS) is 14.3. The van der Waals surface area contributed by atoms with Crippen LogP contribution in [0.2, 0.25) is 0 Å². The third kappa shape index (κ3) is 5.62. The quantitative estimate of drug-likeness (QED) is 0.192. The second-order valence-electron chi connectivity index (χ2n) is 12.3. The second-order valence-corrected chi connectivity index (χ2v) is 13.3. The Hall–Kier alpha value is -6.10. The molecule has 1 aliphatic rings. The summed E-state index contributed by atoms with van der Waals surface area (Å²) in [6, 6.07) is 62.2. The van der Waals surface area contributed by atoms with E-state index in [1.165, 1.54) is 48.0 Å². The average molecular weight is 646 g/mol. The third-order valence-corrected chi connectivity index (χ3v) is 10.3. The Labute approximate surface area is 289 Å². The summed E-state index contributed by atoms with van der Waals surface area (Å²) >= 11 is 1.83. The lowest BCUT2D eigenvalue weighted by Gasteiger charge is -2.24. The molecule has 1 aromatic heterocycles. The first-order valence-electron chi connectivity index (χ1n) is 16.5. The van der Waals surface area contributed by atoms with Crippen molar-refractivity contribution in [2.24, 2.45) is 9.98 Å². The molecule has 1 atom stereocenters. The van der Waals surface area contributed by atoms with E-state index in [9.17, 15) is 0 Å². The number of amidine groups is 2. The van der Waals surface area contributed by atoms with Gasteiger partial charge in [-0.1, -0.05) is 158 Å². The molecule has 0 radical (unpaired) electrons. The Balaban J connectivity index is 1.12. The van der Waals surface area contributed by atoms with Gasteiger partial charge in [0.25, 0.3) is 0 Å². The molecule has 2 heterocycles. The summed E-state index contributed by atoms with van der Waals surface area (Å²) in [6.07, 6.45) is -0.271. The van der Waals surface area contributed by atoms with E-state index in [0.717, 1.165) is 28.1 Å². The number of rotatable bonds is 6. The molecule has 0 bridgehead atoms. The lowest BCUT2D eigenvalue weighted by Crippen LogP contribution is -2.33. The van der Waals surface area contributed by atoms with Crippen molar-refractivity contribution in [3.63, 3.8) is 0 Å². The van der Waals surface area contributed by atoms with Crippen LogP contribution in [0.25, 0.3) is 53.6 Å². The van der Waals surface area contributed by atoms with Gasteiger partial charge in [0.2, 0.25) is 0 Å². The van der Waals surface area contributed by atoms with E-state index in [2.05, 4.69) is 169 Å². The minimum atomic E-state index is -0.271. The van der Waals surface area contributed by atoms with Crippen LogP contribution in [0.4, 0.5) is 0 Å². The van der Waals surface area contributed by atoms with Crippen molar-refractivity contribution in [2.45, 2.75) is 6.17 Å². The van der Waals surface area contributed by atoms with Gasteiger partial charge in [-0.25, -0.2) is 9.98 Å². The number of fused-ring (bicyclic) bond motifs is 3. The van der Waals surface area contributed by atoms with E-state index >= 15 is 0 Å². The molecule has 0 saturated carbocycles. The van der Waals surface area contributed by atoms with Crippen LogP contribution in [0.1, 0.15) is 22.9 Å². The van der Waals surface area contributed by atoms with Crippen molar-refractivity contribution >= 4 is 43.2 Å². The van der Waals surface area contributed by atoms with Crippen LogP contribution in [-0.4, -0.2) is 11.7 Å². The van der Waals surface area contributed by atoms with Crippen LogP contribution in [-0.2, 0) is 0 Å². The van der Waals surface area contributed by atoms with E-state index in [1.54, 1.807) is 0 Å². The zero-order valence-electron chi connectivity index (χ0n) is 26.6. The summed E-state index contributed by atoms with van der Waals surface area (Å²) in [5.41, 5.74) is 10.3. The van der Waals surface area contributed by atoms with Gasteiger partial charge in [-0.05, 0) is 57.1 Å². The average Bonchev–Trinajstić information content (AvgIpc) is 3.57. The number of nitrogens with zero attached hydrogens (tertiary/aromatic N) is 2. The number of hydrogen-bond donors (Lipinski definition) is 1. The standard InChI is InChI=1S/C45H31N3S/c1-4-12-30(13-5-1)31-20-22-32(23-21-31)33-24-26-36(27-25-33)44-46-43(35-16-8-3-9-17-35)47-45(48-44)37-28-39(34-14-6-2-7-15-34)42-38-18-10-11-19-40(38)49-41(42)29-37/h1-29,43H,(H,46,47,48). The Morgan fingerprint density at radius 3 is 1.63 bits per heavy atom. The van der Waals surface area contributed by atoms with Gasteiger partial charge in [0.05, 0.1) is 0 Å². The van der Waals surface area contributed by atoms with Crippen LogP contribution in [0.3, 0.4) is 0 Å². The molecular formula is C45H31N3S. The lowest BCUT2D eigenvalue weighted by atomic mass is 9.96. The number of thiophene rings is 1. The molecule has 0 aliphatic carbocycles. The summed E-state index contributed by atoms with van der Waals surface area (Å²) in [4.78, 5) is 10.3. The number of benzene rings is 7. The Morgan fingerprint density at radius 1 is 0.449 bits per heavy atom. The summed E-state index contributed by atoms with van der Waals surface area (Å²) in [6.45, 7) is 0. The fourth-order valence-corrected chi connectivity index (χ4v) is 7.84. The SMILES string of the molecule is c1ccc(-c2ccc(-c3ccc(C4=NC(c5ccccc5)NC(c5cc(-c6ccccc6)c6c(c5)sc5ccccc56)=N4)cc3)cc2)cc1.